The Bertz CT molecular complexity index is 2880. The minimum Gasteiger partial charge on any atom is -0.278 e. The number of rotatable bonds is 9. The molecule has 0 aliphatic rings. The number of nitrogens with zero attached hydrogens (tertiary/aromatic N) is 6. The van der Waals surface area contributed by atoms with E-state index in [-0.39, 0.29) is 13.4 Å². The van der Waals surface area contributed by atoms with Gasteiger partial charge in [-0.3, -0.25) is 14.5 Å². The molecule has 4 heterocycles. The third-order valence-electron chi connectivity index (χ3n) is 11.2. The maximum atomic E-state index is 4.98. The largest absolute Gasteiger partial charge is 0.278 e. The molecule has 0 saturated carbocycles. The highest BCUT2D eigenvalue weighted by Gasteiger charge is 2.27. The van der Waals surface area contributed by atoms with Crippen molar-refractivity contribution in [2.24, 2.45) is 0 Å². The van der Waals surface area contributed by atoms with Crippen LogP contribution in [-0.2, 0) is 0 Å². The monoisotopic (exact) mass is 756 g/mol. The third kappa shape index (κ3) is 6.99. The molecule has 0 radical (unpaired) electrons. The van der Waals surface area contributed by atoms with Gasteiger partial charge in [0, 0.05) is 23.2 Å². The van der Waals surface area contributed by atoms with Crippen molar-refractivity contribution in [2.75, 3.05) is 0 Å². The Morgan fingerprint density at radius 3 is 1.24 bits per heavy atom. The Hall–Kier alpha value is -7.44. The predicted octanol–water partition coefficient (Wildman–Crippen LogP) is 6.74. The fraction of sp³-hybridized carbons (Fsp3) is 0.0392. The first-order valence-corrected chi connectivity index (χ1v) is 20.0. The number of hydrogen-bond acceptors (Lipinski definition) is 5. The number of hydrogen-bond donors (Lipinski definition) is 0. The van der Waals surface area contributed by atoms with Gasteiger partial charge in [0.05, 0.1) is 22.4 Å². The fourth-order valence-electron chi connectivity index (χ4n) is 8.59. The smallest absolute Gasteiger partial charge is 0.241 e. The second-order valence-electron chi connectivity index (χ2n) is 15.0. The lowest BCUT2D eigenvalue weighted by Crippen LogP contribution is -2.52. The predicted molar refractivity (Wildman–Crippen MR) is 245 cm³/mol. The Kier molecular flexibility index (Phi) is 9.43. The summed E-state index contributed by atoms with van der Waals surface area (Å²) in [7, 11) is 0. The van der Waals surface area contributed by atoms with Crippen LogP contribution >= 0.6 is 0 Å². The SMILES string of the molecule is Cc1nc(C)nc(-n2c3cc(B(c4ccccc4)c4cccc(-c5ccccn5)c4)ccc3c3ccc(B(c4ccccc4)c4cccc(-c5ccccn5)c4)cc32)n1. The van der Waals surface area contributed by atoms with E-state index in [4.69, 9.17) is 9.97 Å². The molecule has 278 valence electrons. The minimum absolute atomic E-state index is 0.0399. The first-order chi connectivity index (χ1) is 29.1. The molecule has 0 aliphatic heterocycles. The van der Waals surface area contributed by atoms with Gasteiger partial charge in [0.15, 0.2) is 0 Å². The van der Waals surface area contributed by atoms with E-state index in [9.17, 15) is 0 Å². The van der Waals surface area contributed by atoms with Crippen molar-refractivity contribution in [3.8, 4) is 28.5 Å². The van der Waals surface area contributed by atoms with Gasteiger partial charge in [0.1, 0.15) is 11.6 Å². The molecule has 0 spiro atoms. The van der Waals surface area contributed by atoms with Crippen LogP contribution in [-0.4, -0.2) is 42.9 Å². The highest BCUT2D eigenvalue weighted by atomic mass is 15.2. The molecular weight excluding hydrogens is 718 g/mol. The number of pyridine rings is 2. The molecule has 6 nitrogen and oxygen atoms in total. The van der Waals surface area contributed by atoms with Crippen LogP contribution in [0.15, 0.2) is 194 Å². The molecule has 0 saturated heterocycles. The van der Waals surface area contributed by atoms with Gasteiger partial charge >= 0.3 is 0 Å². The molecule has 4 aromatic heterocycles. The average molecular weight is 757 g/mol. The molecule has 10 rings (SSSR count). The molecule has 8 heteroatoms. The number of fused-ring (bicyclic) bond motifs is 3. The van der Waals surface area contributed by atoms with Crippen LogP contribution < -0.4 is 32.8 Å². The Morgan fingerprint density at radius 2 is 0.797 bits per heavy atom. The first kappa shape index (κ1) is 35.9. The lowest BCUT2D eigenvalue weighted by Gasteiger charge is -2.18. The van der Waals surface area contributed by atoms with Crippen LogP contribution in [0.1, 0.15) is 11.6 Å². The third-order valence-corrected chi connectivity index (χ3v) is 11.2. The topological polar surface area (TPSA) is 69.4 Å². The lowest BCUT2D eigenvalue weighted by atomic mass is 9.36. The molecule has 0 amide bonds. The second-order valence-corrected chi connectivity index (χ2v) is 15.0. The maximum Gasteiger partial charge on any atom is 0.241 e. The van der Waals surface area contributed by atoms with E-state index in [1.54, 1.807) is 0 Å². The van der Waals surface area contributed by atoms with Crippen LogP contribution in [0.25, 0.3) is 50.3 Å². The van der Waals surface area contributed by atoms with Gasteiger partial charge in [0.2, 0.25) is 19.4 Å². The van der Waals surface area contributed by atoms with Gasteiger partial charge in [-0.2, -0.15) is 9.97 Å². The molecule has 10 aromatic rings. The van der Waals surface area contributed by atoms with Crippen molar-refractivity contribution in [2.45, 2.75) is 13.8 Å². The van der Waals surface area contributed by atoms with Crippen molar-refractivity contribution in [1.29, 1.82) is 0 Å². The zero-order valence-corrected chi connectivity index (χ0v) is 32.8. The molecule has 6 aromatic carbocycles. The summed E-state index contributed by atoms with van der Waals surface area (Å²) in [6.07, 6.45) is 3.70. The zero-order valence-electron chi connectivity index (χ0n) is 32.8. The van der Waals surface area contributed by atoms with Crippen molar-refractivity contribution >= 4 is 68.0 Å². The van der Waals surface area contributed by atoms with E-state index in [1.807, 2.05) is 50.5 Å². The number of aryl methyl sites for hydroxylation is 2. The average Bonchev–Trinajstić information content (AvgIpc) is 3.61. The van der Waals surface area contributed by atoms with Crippen LogP contribution in [0.2, 0.25) is 0 Å². The van der Waals surface area contributed by atoms with Crippen LogP contribution in [0.5, 0.6) is 0 Å². The summed E-state index contributed by atoms with van der Waals surface area (Å²) in [6.45, 7) is 3.79. The zero-order chi connectivity index (χ0) is 39.7. The Morgan fingerprint density at radius 1 is 0.373 bits per heavy atom. The Labute approximate surface area is 344 Å². The van der Waals surface area contributed by atoms with Crippen molar-refractivity contribution in [1.82, 2.24) is 29.5 Å². The van der Waals surface area contributed by atoms with Crippen LogP contribution in [0.4, 0.5) is 0 Å². The summed E-state index contributed by atoms with van der Waals surface area (Å²) in [4.78, 5) is 23.9. The second kappa shape index (κ2) is 15.5. The van der Waals surface area contributed by atoms with Gasteiger partial charge < -0.3 is 0 Å². The van der Waals surface area contributed by atoms with Crippen molar-refractivity contribution in [3.05, 3.63) is 206 Å². The minimum atomic E-state index is -0.0399. The summed E-state index contributed by atoms with van der Waals surface area (Å²) in [5, 5.41) is 2.27. The van der Waals surface area contributed by atoms with Crippen molar-refractivity contribution in [3.63, 3.8) is 0 Å². The van der Waals surface area contributed by atoms with Gasteiger partial charge in [-0.15, -0.1) is 0 Å². The van der Waals surface area contributed by atoms with E-state index in [0.717, 1.165) is 44.3 Å². The molecule has 0 aliphatic carbocycles. The first-order valence-electron chi connectivity index (χ1n) is 20.0. The maximum absolute atomic E-state index is 4.98. The summed E-state index contributed by atoms with van der Waals surface area (Å²) in [6, 6.07) is 64.9. The molecule has 0 N–H and O–H groups in total. The molecule has 0 fully saturated rings. The quantitative estimate of drug-likeness (QED) is 0.153. The van der Waals surface area contributed by atoms with Gasteiger partial charge in [0.25, 0.3) is 0 Å². The van der Waals surface area contributed by atoms with Gasteiger partial charge in [-0.25, -0.2) is 4.98 Å². The normalized spacial score (nSPS) is 11.2. The summed E-state index contributed by atoms with van der Waals surface area (Å²) in [5.41, 5.74) is 13.3. The molecule has 59 heavy (non-hydrogen) atoms. The molecular formula is C51H38B2N6. The van der Waals surface area contributed by atoms with Gasteiger partial charge in [-0.05, 0) is 61.4 Å². The van der Waals surface area contributed by atoms with Crippen LogP contribution in [0, 0.1) is 13.8 Å². The van der Waals surface area contributed by atoms with E-state index in [0.29, 0.717) is 17.6 Å². The Balaban J connectivity index is 1.19. The molecule has 0 unspecified atom stereocenters. The molecule has 0 bridgehead atoms. The van der Waals surface area contributed by atoms with E-state index >= 15 is 0 Å². The summed E-state index contributed by atoms with van der Waals surface area (Å²) < 4.78 is 2.23. The van der Waals surface area contributed by atoms with E-state index < -0.39 is 0 Å². The van der Waals surface area contributed by atoms with E-state index in [2.05, 4.69) is 177 Å². The lowest BCUT2D eigenvalue weighted by molar-refractivity contribution is 0.864. The highest BCUT2D eigenvalue weighted by Crippen LogP contribution is 2.30. The van der Waals surface area contributed by atoms with Gasteiger partial charge in [-0.1, -0.05) is 178 Å². The molecule has 0 atom stereocenters. The summed E-state index contributed by atoms with van der Waals surface area (Å²) in [5.74, 6) is 1.96. The fourth-order valence-corrected chi connectivity index (χ4v) is 8.59. The standard InChI is InChI=1S/C51H38B2N6/c1-35-56-36(2)58-51(57-35)59-49-33-43(52(39-17-5-3-6-18-39)41-21-13-15-37(31-41)47-23-9-11-29-54-47)25-27-45(49)46-28-26-44(34-50(46)59)53(40-19-7-4-8-20-40)42-22-14-16-38(32-42)48-24-10-12-30-55-48/h3-34H,1-2H3. The number of benzene rings is 6. The van der Waals surface area contributed by atoms with Crippen LogP contribution in [0.3, 0.4) is 0 Å². The number of aromatic nitrogens is 6. The summed E-state index contributed by atoms with van der Waals surface area (Å²) >= 11 is 0. The highest BCUT2D eigenvalue weighted by molar-refractivity contribution is 6.96. The van der Waals surface area contributed by atoms with Crippen molar-refractivity contribution < 1.29 is 0 Å². The van der Waals surface area contributed by atoms with E-state index in [1.165, 1.54) is 32.8 Å².